The van der Waals surface area contributed by atoms with Gasteiger partial charge in [0.25, 0.3) is 0 Å². The predicted octanol–water partition coefficient (Wildman–Crippen LogP) is 7.56. The summed E-state index contributed by atoms with van der Waals surface area (Å²) in [6.07, 6.45) is -4.10. The first-order valence-electron chi connectivity index (χ1n) is 9.69. The molecule has 176 valence electrons. The molecule has 0 N–H and O–H groups in total. The number of hydrogen-bond donors (Lipinski definition) is 0. The molecule has 0 saturated carbocycles. The van der Waals surface area contributed by atoms with Crippen LogP contribution in [0.4, 0.5) is 17.6 Å². The van der Waals surface area contributed by atoms with E-state index in [1.807, 2.05) is 0 Å². The van der Waals surface area contributed by atoms with E-state index in [1.165, 1.54) is 23.9 Å². The normalized spacial score (nSPS) is 14.3. The molecule has 1 heterocycles. The molecule has 1 aliphatic rings. The molecule has 3 nitrogen and oxygen atoms in total. The number of ketones is 1. The van der Waals surface area contributed by atoms with Crippen LogP contribution in [0.1, 0.15) is 52.6 Å². The molecule has 2 aromatic carbocycles. The van der Waals surface area contributed by atoms with Gasteiger partial charge in [-0.15, -0.1) is 11.8 Å². The van der Waals surface area contributed by atoms with Gasteiger partial charge in [0.1, 0.15) is 5.60 Å². The summed E-state index contributed by atoms with van der Waals surface area (Å²) in [7, 11) is 0. The van der Waals surface area contributed by atoms with Gasteiger partial charge in [-0.25, -0.2) is 9.18 Å². The van der Waals surface area contributed by atoms with E-state index >= 15 is 0 Å². The molecule has 0 saturated heterocycles. The second kappa shape index (κ2) is 9.31. The molecule has 0 fully saturated rings. The maximum absolute atomic E-state index is 13.8. The Labute approximate surface area is 202 Å². The van der Waals surface area contributed by atoms with Crippen molar-refractivity contribution in [2.45, 2.75) is 43.9 Å². The van der Waals surface area contributed by atoms with Gasteiger partial charge in [0.2, 0.25) is 0 Å². The van der Waals surface area contributed by atoms with Crippen LogP contribution in [-0.4, -0.2) is 29.3 Å². The molecule has 2 aromatic rings. The number of carbonyl (C=O) groups excluding carboxylic acids is 2. The first-order valence-corrected chi connectivity index (χ1v) is 11.4. The van der Waals surface area contributed by atoms with Crippen molar-refractivity contribution in [1.82, 2.24) is 0 Å². The van der Waals surface area contributed by atoms with Crippen LogP contribution in [0.5, 0.6) is 0 Å². The van der Waals surface area contributed by atoms with Crippen molar-refractivity contribution in [1.29, 1.82) is 0 Å². The van der Waals surface area contributed by atoms with Crippen molar-refractivity contribution in [3.8, 4) is 0 Å². The van der Waals surface area contributed by atoms with Crippen molar-refractivity contribution in [2.24, 2.45) is 0 Å². The molecule has 0 spiro atoms. The fourth-order valence-corrected chi connectivity index (χ4v) is 4.96. The van der Waals surface area contributed by atoms with Crippen LogP contribution < -0.4 is 0 Å². The van der Waals surface area contributed by atoms with Gasteiger partial charge in [-0.2, -0.15) is 13.2 Å². The number of rotatable bonds is 4. The first-order chi connectivity index (χ1) is 15.2. The number of hydrogen-bond acceptors (Lipinski definition) is 4. The average molecular weight is 521 g/mol. The average Bonchev–Trinajstić information content (AvgIpc) is 3.16. The van der Waals surface area contributed by atoms with Gasteiger partial charge in [-0.1, -0.05) is 23.2 Å². The molecule has 0 amide bonds. The summed E-state index contributed by atoms with van der Waals surface area (Å²) in [5, 5.41) is -1.20. The number of halogens is 6. The van der Waals surface area contributed by atoms with E-state index in [2.05, 4.69) is 0 Å². The van der Waals surface area contributed by atoms with Gasteiger partial charge in [-0.05, 0) is 68.7 Å². The molecule has 1 aliphatic heterocycles. The fraction of sp³-hybridized carbons (Fsp3) is 0.304. The Balaban J connectivity index is 2.07. The van der Waals surface area contributed by atoms with Crippen molar-refractivity contribution in [3.63, 3.8) is 0 Å². The highest BCUT2D eigenvalue weighted by molar-refractivity contribution is 7.99. The number of benzene rings is 2. The summed E-state index contributed by atoms with van der Waals surface area (Å²) in [6, 6.07) is 4.23. The zero-order chi connectivity index (χ0) is 24.7. The number of carbonyl (C=O) groups is 2. The van der Waals surface area contributed by atoms with Gasteiger partial charge in [0.15, 0.2) is 11.6 Å². The highest BCUT2D eigenvalue weighted by Crippen LogP contribution is 2.40. The van der Waals surface area contributed by atoms with E-state index in [0.717, 1.165) is 12.1 Å². The Kier molecular flexibility index (Phi) is 7.22. The lowest BCUT2D eigenvalue weighted by Crippen LogP contribution is -2.24. The summed E-state index contributed by atoms with van der Waals surface area (Å²) in [5.74, 6) is -1.97. The van der Waals surface area contributed by atoms with Gasteiger partial charge < -0.3 is 4.74 Å². The van der Waals surface area contributed by atoms with E-state index in [0.29, 0.717) is 28.7 Å². The highest BCUT2D eigenvalue weighted by Gasteiger charge is 2.37. The second-order valence-electron chi connectivity index (χ2n) is 8.24. The molecule has 10 heteroatoms. The summed E-state index contributed by atoms with van der Waals surface area (Å²) >= 11 is 12.6. The third-order valence-electron chi connectivity index (χ3n) is 4.62. The summed E-state index contributed by atoms with van der Waals surface area (Å²) in [6.45, 7) is 5.15. The van der Waals surface area contributed by atoms with E-state index in [-0.39, 0.29) is 11.1 Å². The zero-order valence-electron chi connectivity index (χ0n) is 17.7. The number of esters is 1. The summed E-state index contributed by atoms with van der Waals surface area (Å²) < 4.78 is 60.4. The lowest BCUT2D eigenvalue weighted by molar-refractivity contribution is -0.0690. The predicted molar refractivity (Wildman–Crippen MR) is 121 cm³/mol. The number of thioether (sulfide) groups is 1. The maximum Gasteiger partial charge on any atom is 0.417 e. The molecule has 0 radical (unpaired) electrons. The van der Waals surface area contributed by atoms with Crippen molar-refractivity contribution in [3.05, 3.63) is 68.5 Å². The van der Waals surface area contributed by atoms with Crippen LogP contribution in [0, 0.1) is 5.82 Å². The van der Waals surface area contributed by atoms with Gasteiger partial charge in [0.05, 0.1) is 21.2 Å². The molecule has 0 aromatic heterocycles. The molecule has 0 atom stereocenters. The van der Waals surface area contributed by atoms with E-state index in [9.17, 15) is 27.2 Å². The largest absolute Gasteiger partial charge is 0.456 e. The fourth-order valence-electron chi connectivity index (χ4n) is 3.27. The number of fused-ring (bicyclic) bond motifs is 1. The molecule has 3 rings (SSSR count). The number of alkyl halides is 3. The van der Waals surface area contributed by atoms with Crippen LogP contribution in [0.15, 0.2) is 35.2 Å². The van der Waals surface area contributed by atoms with Gasteiger partial charge in [-0.3, -0.25) is 4.79 Å². The van der Waals surface area contributed by atoms with Crippen molar-refractivity contribution >= 4 is 52.3 Å². The topological polar surface area (TPSA) is 43.4 Å². The molecule has 0 aliphatic carbocycles. The lowest BCUT2D eigenvalue weighted by atomic mass is 9.95. The van der Waals surface area contributed by atoms with Crippen LogP contribution in [0.2, 0.25) is 10.0 Å². The summed E-state index contributed by atoms with van der Waals surface area (Å²) in [5.41, 5.74) is -1.79. The molecular formula is C23H18Cl2F4O3S. The van der Waals surface area contributed by atoms with E-state index in [1.54, 1.807) is 20.8 Å². The first kappa shape index (κ1) is 25.6. The van der Waals surface area contributed by atoms with Crippen molar-refractivity contribution in [2.75, 3.05) is 5.75 Å². The highest BCUT2D eigenvalue weighted by atomic mass is 35.5. The number of allylic oxidation sites excluding steroid dienone is 2. The Morgan fingerprint density at radius 3 is 2.18 bits per heavy atom. The second-order valence-corrected chi connectivity index (χ2v) is 10.2. The number of ether oxygens (including phenoxy) is 1. The van der Waals surface area contributed by atoms with Gasteiger partial charge >= 0.3 is 12.1 Å². The zero-order valence-corrected chi connectivity index (χ0v) is 20.0. The summed E-state index contributed by atoms with van der Waals surface area (Å²) in [4.78, 5) is 26.0. The monoisotopic (exact) mass is 520 g/mol. The van der Waals surface area contributed by atoms with E-state index < -0.39 is 50.5 Å². The Morgan fingerprint density at radius 2 is 1.64 bits per heavy atom. The molecule has 33 heavy (non-hydrogen) atoms. The maximum atomic E-state index is 13.8. The van der Waals surface area contributed by atoms with Gasteiger partial charge in [0, 0.05) is 16.2 Å². The van der Waals surface area contributed by atoms with Crippen LogP contribution in [0.25, 0.3) is 5.57 Å². The minimum atomic E-state index is -4.94. The molecule has 0 bridgehead atoms. The standard InChI is InChI=1S/C23H18Cl2F4O3S/c1-22(2,3)32-21(31)14-5-4-12(13-6-7-33-20(13)14)18(30)10-15(23(27,28)29)11-8-16(24)19(26)17(25)9-11/h4-5,8-10H,6-7H2,1-3H3/b15-10-. The smallest absolute Gasteiger partial charge is 0.417 e. The van der Waals surface area contributed by atoms with Crippen LogP contribution in [-0.2, 0) is 11.2 Å². The van der Waals surface area contributed by atoms with Crippen LogP contribution >= 0.6 is 35.0 Å². The minimum Gasteiger partial charge on any atom is -0.456 e. The SMILES string of the molecule is CC(C)(C)OC(=O)c1ccc(C(=O)/C=C(/c2cc(Cl)c(F)c(Cl)c2)C(F)(F)F)c2c1SCC2. The minimum absolute atomic E-state index is 0.0448. The van der Waals surface area contributed by atoms with Crippen LogP contribution in [0.3, 0.4) is 0 Å². The third-order valence-corrected chi connectivity index (χ3v) is 6.33. The van der Waals surface area contributed by atoms with E-state index in [4.69, 9.17) is 27.9 Å². The quantitative estimate of drug-likeness (QED) is 0.137. The lowest BCUT2D eigenvalue weighted by Gasteiger charge is -2.20. The third kappa shape index (κ3) is 5.73. The Morgan fingerprint density at radius 1 is 1.06 bits per heavy atom. The Bertz CT molecular complexity index is 1140. The van der Waals surface area contributed by atoms with Crippen molar-refractivity contribution < 1.29 is 31.9 Å². The molecule has 0 unspecified atom stereocenters. The molecular weight excluding hydrogens is 503 g/mol. The Hall–Kier alpha value is -2.03.